The van der Waals surface area contributed by atoms with Gasteiger partial charge in [0, 0.05) is 35.9 Å². The number of hydrogen-bond donors (Lipinski definition) is 1. The first-order chi connectivity index (χ1) is 14.0. The molecule has 2 aromatic rings. The van der Waals surface area contributed by atoms with Gasteiger partial charge in [-0.05, 0) is 35.8 Å². The molecule has 3 rings (SSSR count). The van der Waals surface area contributed by atoms with Crippen molar-refractivity contribution in [2.24, 2.45) is 0 Å². The normalized spacial score (nSPS) is 13.9. The Balaban J connectivity index is 1.96. The molecule has 9 heteroatoms. The van der Waals surface area contributed by atoms with Crippen molar-refractivity contribution in [1.82, 2.24) is 4.98 Å². The Hall–Kier alpha value is -2.03. The van der Waals surface area contributed by atoms with Crippen LogP contribution in [-0.4, -0.2) is 50.4 Å². The molecule has 1 saturated heterocycles. The minimum atomic E-state index is -0.383. The van der Waals surface area contributed by atoms with Crippen LogP contribution in [0.1, 0.15) is 24.2 Å². The molecule has 1 aromatic carbocycles. The van der Waals surface area contributed by atoms with Crippen LogP contribution in [0.3, 0.4) is 0 Å². The number of hydrogen-bond acceptors (Lipinski definition) is 6. The van der Waals surface area contributed by atoms with Crippen LogP contribution in [0.25, 0.3) is 0 Å². The van der Waals surface area contributed by atoms with Gasteiger partial charge >= 0.3 is 0 Å². The van der Waals surface area contributed by atoms with Gasteiger partial charge in [0.1, 0.15) is 16.7 Å². The van der Waals surface area contributed by atoms with Crippen LogP contribution in [0, 0.1) is 0 Å². The van der Waals surface area contributed by atoms with E-state index in [4.69, 9.17) is 25.8 Å². The standard InChI is InChI=1S/C20H23BrClN3O4/c1-3-28-17-11-16(25-5-7-27-8-6-25)18(29-4-2)10-15(17)24-20(26)14-9-13(21)12-23-19(14)22/h9-12H,3-8H2,1-2H3,(H,24,26). The third-order valence-corrected chi connectivity index (χ3v) is 5.05. The maximum absolute atomic E-state index is 12.8. The van der Waals surface area contributed by atoms with Crippen LogP contribution < -0.4 is 19.7 Å². The van der Waals surface area contributed by atoms with Crippen molar-refractivity contribution < 1.29 is 19.0 Å². The number of morpholine rings is 1. The lowest BCUT2D eigenvalue weighted by Crippen LogP contribution is -2.36. The highest BCUT2D eigenvalue weighted by Gasteiger charge is 2.21. The number of carbonyl (C=O) groups excluding carboxylic acids is 1. The van der Waals surface area contributed by atoms with Gasteiger partial charge in [-0.3, -0.25) is 4.79 Å². The van der Waals surface area contributed by atoms with Crippen LogP contribution in [0.5, 0.6) is 11.5 Å². The van der Waals surface area contributed by atoms with Gasteiger partial charge in [-0.25, -0.2) is 4.98 Å². The van der Waals surface area contributed by atoms with E-state index < -0.39 is 0 Å². The average molecular weight is 485 g/mol. The fourth-order valence-corrected chi connectivity index (χ4v) is 3.54. The number of carbonyl (C=O) groups is 1. The Kier molecular flexibility index (Phi) is 7.57. The zero-order chi connectivity index (χ0) is 20.8. The van der Waals surface area contributed by atoms with E-state index in [0.717, 1.165) is 18.8 Å². The molecular weight excluding hydrogens is 462 g/mol. The molecule has 0 unspecified atom stereocenters. The number of benzene rings is 1. The van der Waals surface area contributed by atoms with Crippen molar-refractivity contribution in [2.75, 3.05) is 49.7 Å². The molecule has 1 aliphatic rings. The Bertz CT molecular complexity index is 875. The molecule has 0 bridgehead atoms. The molecule has 1 amide bonds. The summed E-state index contributed by atoms with van der Waals surface area (Å²) in [6.45, 7) is 7.60. The predicted molar refractivity (Wildman–Crippen MR) is 117 cm³/mol. The van der Waals surface area contributed by atoms with E-state index >= 15 is 0 Å². The summed E-state index contributed by atoms with van der Waals surface area (Å²) in [5.74, 6) is 0.850. The SMILES string of the molecule is CCOc1cc(N2CCOCC2)c(OCC)cc1NC(=O)c1cc(Br)cnc1Cl. The number of amides is 1. The molecule has 1 N–H and O–H groups in total. The zero-order valence-corrected chi connectivity index (χ0v) is 18.7. The van der Waals surface area contributed by atoms with Gasteiger partial charge in [-0.1, -0.05) is 11.6 Å². The van der Waals surface area contributed by atoms with Crippen LogP contribution in [0.4, 0.5) is 11.4 Å². The molecule has 0 atom stereocenters. The quantitative estimate of drug-likeness (QED) is 0.588. The van der Waals surface area contributed by atoms with Gasteiger partial charge in [0.25, 0.3) is 5.91 Å². The largest absolute Gasteiger partial charge is 0.492 e. The molecule has 0 saturated carbocycles. The minimum absolute atomic E-state index is 0.124. The molecule has 0 aliphatic carbocycles. The molecule has 2 heterocycles. The van der Waals surface area contributed by atoms with Crippen molar-refractivity contribution in [3.05, 3.63) is 39.6 Å². The summed E-state index contributed by atoms with van der Waals surface area (Å²) in [7, 11) is 0. The minimum Gasteiger partial charge on any atom is -0.492 e. The summed E-state index contributed by atoms with van der Waals surface area (Å²) < 4.78 is 17.8. The fourth-order valence-electron chi connectivity index (χ4n) is 3.02. The highest BCUT2D eigenvalue weighted by Crippen LogP contribution is 2.39. The van der Waals surface area contributed by atoms with Crippen molar-refractivity contribution >= 4 is 44.8 Å². The van der Waals surface area contributed by atoms with E-state index in [2.05, 4.69) is 31.1 Å². The maximum atomic E-state index is 12.8. The van der Waals surface area contributed by atoms with Gasteiger partial charge in [0.2, 0.25) is 0 Å². The van der Waals surface area contributed by atoms with Gasteiger partial charge < -0.3 is 24.4 Å². The smallest absolute Gasteiger partial charge is 0.258 e. The highest BCUT2D eigenvalue weighted by atomic mass is 79.9. The lowest BCUT2D eigenvalue weighted by Gasteiger charge is -2.31. The van der Waals surface area contributed by atoms with Gasteiger partial charge in [-0.15, -0.1) is 0 Å². The number of aromatic nitrogens is 1. The monoisotopic (exact) mass is 483 g/mol. The number of nitrogens with zero attached hydrogens (tertiary/aromatic N) is 2. The maximum Gasteiger partial charge on any atom is 0.258 e. The Morgan fingerprint density at radius 1 is 1.21 bits per heavy atom. The predicted octanol–water partition coefficient (Wildman–Crippen LogP) is 4.38. The number of rotatable bonds is 7. The van der Waals surface area contributed by atoms with Crippen LogP contribution in [0.15, 0.2) is 28.9 Å². The van der Waals surface area contributed by atoms with Gasteiger partial charge in [-0.2, -0.15) is 0 Å². The zero-order valence-electron chi connectivity index (χ0n) is 16.3. The van der Waals surface area contributed by atoms with Crippen molar-refractivity contribution in [1.29, 1.82) is 0 Å². The van der Waals surface area contributed by atoms with E-state index in [0.29, 0.717) is 48.1 Å². The molecule has 0 radical (unpaired) electrons. The molecular formula is C20H23BrClN3O4. The lowest BCUT2D eigenvalue weighted by atomic mass is 10.2. The van der Waals surface area contributed by atoms with E-state index in [-0.39, 0.29) is 16.6 Å². The van der Waals surface area contributed by atoms with Crippen molar-refractivity contribution in [3.63, 3.8) is 0 Å². The average Bonchev–Trinajstić information content (AvgIpc) is 2.72. The fraction of sp³-hybridized carbons (Fsp3) is 0.400. The van der Waals surface area contributed by atoms with E-state index in [1.807, 2.05) is 19.9 Å². The third-order valence-electron chi connectivity index (χ3n) is 4.31. The number of nitrogens with one attached hydrogen (secondary N) is 1. The molecule has 1 aromatic heterocycles. The molecule has 1 fully saturated rings. The molecule has 156 valence electrons. The van der Waals surface area contributed by atoms with E-state index in [9.17, 15) is 4.79 Å². The van der Waals surface area contributed by atoms with E-state index in [1.165, 1.54) is 6.20 Å². The van der Waals surface area contributed by atoms with Gasteiger partial charge in [0.15, 0.2) is 0 Å². The second kappa shape index (κ2) is 10.1. The number of anilines is 2. The summed E-state index contributed by atoms with van der Waals surface area (Å²) in [4.78, 5) is 19.0. The first-order valence-corrected chi connectivity index (χ1v) is 10.6. The van der Waals surface area contributed by atoms with Gasteiger partial charge in [0.05, 0.1) is 43.4 Å². The van der Waals surface area contributed by atoms with Crippen LogP contribution >= 0.6 is 27.5 Å². The summed E-state index contributed by atoms with van der Waals surface area (Å²) in [6.07, 6.45) is 1.54. The molecule has 7 nitrogen and oxygen atoms in total. The lowest BCUT2D eigenvalue weighted by molar-refractivity contribution is 0.102. The first-order valence-electron chi connectivity index (χ1n) is 9.42. The summed E-state index contributed by atoms with van der Waals surface area (Å²) >= 11 is 9.41. The molecule has 1 aliphatic heterocycles. The Morgan fingerprint density at radius 2 is 1.90 bits per heavy atom. The highest BCUT2D eigenvalue weighted by molar-refractivity contribution is 9.10. The summed E-state index contributed by atoms with van der Waals surface area (Å²) in [6, 6.07) is 5.31. The number of halogens is 2. The van der Waals surface area contributed by atoms with Crippen LogP contribution in [-0.2, 0) is 4.74 Å². The second-order valence-electron chi connectivity index (χ2n) is 6.23. The third kappa shape index (κ3) is 5.32. The number of ether oxygens (including phenoxy) is 3. The van der Waals surface area contributed by atoms with E-state index in [1.54, 1.807) is 12.1 Å². The Morgan fingerprint density at radius 3 is 2.59 bits per heavy atom. The summed E-state index contributed by atoms with van der Waals surface area (Å²) in [5.41, 5.74) is 1.69. The van der Waals surface area contributed by atoms with Crippen molar-refractivity contribution in [3.8, 4) is 11.5 Å². The second-order valence-corrected chi connectivity index (χ2v) is 7.50. The summed E-state index contributed by atoms with van der Waals surface area (Å²) in [5, 5.41) is 3.00. The molecule has 0 spiro atoms. The van der Waals surface area contributed by atoms with Crippen LogP contribution in [0.2, 0.25) is 5.15 Å². The van der Waals surface area contributed by atoms with Crippen molar-refractivity contribution in [2.45, 2.75) is 13.8 Å². The topological polar surface area (TPSA) is 72.9 Å². The number of pyridine rings is 1. The Labute approximate surface area is 183 Å². The molecule has 29 heavy (non-hydrogen) atoms. The first kappa shape index (κ1) is 21.7.